The van der Waals surface area contributed by atoms with Crippen LogP contribution in [0.1, 0.15) is 46.0 Å². The van der Waals surface area contributed by atoms with Crippen molar-refractivity contribution in [2.75, 3.05) is 6.54 Å². The summed E-state index contributed by atoms with van der Waals surface area (Å²) in [5, 5.41) is 7.38. The fraction of sp³-hybridized carbons (Fsp3) is 0.240. The predicted octanol–water partition coefficient (Wildman–Crippen LogP) is 5.47. The molecule has 0 saturated carbocycles. The van der Waals surface area contributed by atoms with Crippen LogP contribution in [0.5, 0.6) is 0 Å². The monoisotopic (exact) mass is 487 g/mol. The topological polar surface area (TPSA) is 63.6 Å². The van der Waals surface area contributed by atoms with E-state index in [-0.39, 0.29) is 17.9 Å². The first kappa shape index (κ1) is 23.8. The van der Waals surface area contributed by atoms with Crippen LogP contribution in [0.3, 0.4) is 0 Å². The molecule has 5 nitrogen and oxygen atoms in total. The van der Waals surface area contributed by atoms with Gasteiger partial charge in [-0.05, 0) is 67.3 Å². The van der Waals surface area contributed by atoms with Crippen LogP contribution in [0.2, 0.25) is 5.15 Å². The second-order valence-electron chi connectivity index (χ2n) is 8.32. The summed E-state index contributed by atoms with van der Waals surface area (Å²) >= 11 is 5.78. The average Bonchev–Trinajstić information content (AvgIpc) is 3.21. The third kappa shape index (κ3) is 4.92. The van der Waals surface area contributed by atoms with Crippen LogP contribution >= 0.6 is 11.6 Å². The third-order valence-electron chi connectivity index (χ3n) is 5.75. The molecule has 1 aromatic heterocycles. The number of oxime groups is 1. The molecule has 1 N–H and O–H groups in total. The van der Waals surface area contributed by atoms with E-state index in [0.29, 0.717) is 35.0 Å². The zero-order valence-electron chi connectivity index (χ0n) is 18.5. The van der Waals surface area contributed by atoms with Crippen LogP contribution in [0, 0.1) is 24.4 Å². The number of amides is 1. The van der Waals surface area contributed by atoms with Crippen LogP contribution < -0.4 is 5.32 Å². The number of carbonyl (C=O) groups is 1. The summed E-state index contributed by atoms with van der Waals surface area (Å²) < 4.78 is 40.7. The molecule has 9 heteroatoms. The van der Waals surface area contributed by atoms with Crippen molar-refractivity contribution >= 4 is 23.2 Å². The Kier molecular flexibility index (Phi) is 6.61. The van der Waals surface area contributed by atoms with E-state index in [4.69, 9.17) is 16.4 Å². The summed E-state index contributed by atoms with van der Waals surface area (Å²) in [6.07, 6.45) is 2.50. The lowest BCUT2D eigenvalue weighted by Crippen LogP contribution is -2.26. The molecule has 0 aliphatic carbocycles. The number of aromatic nitrogens is 1. The summed E-state index contributed by atoms with van der Waals surface area (Å²) in [7, 11) is 0. The molecule has 1 amide bonds. The highest BCUT2D eigenvalue weighted by Crippen LogP contribution is 2.37. The van der Waals surface area contributed by atoms with E-state index in [2.05, 4.69) is 15.5 Å². The minimum atomic E-state index is -1.53. The van der Waals surface area contributed by atoms with Crippen molar-refractivity contribution in [3.8, 4) is 0 Å². The van der Waals surface area contributed by atoms with Gasteiger partial charge in [-0.15, -0.1) is 0 Å². The summed E-state index contributed by atoms with van der Waals surface area (Å²) in [5.74, 6) is -4.31. The van der Waals surface area contributed by atoms with Crippen molar-refractivity contribution in [2.45, 2.75) is 32.3 Å². The van der Waals surface area contributed by atoms with Gasteiger partial charge in [0.2, 0.25) is 0 Å². The molecule has 0 spiro atoms. The lowest BCUT2D eigenvalue weighted by molar-refractivity contribution is -0.00794. The zero-order valence-corrected chi connectivity index (χ0v) is 19.2. The van der Waals surface area contributed by atoms with Crippen LogP contribution in [0.25, 0.3) is 0 Å². The van der Waals surface area contributed by atoms with Gasteiger partial charge in [0.05, 0.1) is 5.71 Å². The van der Waals surface area contributed by atoms with Crippen molar-refractivity contribution < 1.29 is 22.8 Å². The molecule has 3 aromatic rings. The second-order valence-corrected chi connectivity index (χ2v) is 8.70. The number of aryl methyl sites for hydroxylation is 1. The molecule has 176 valence electrons. The number of hydrogen-bond acceptors (Lipinski definition) is 4. The molecule has 1 atom stereocenters. The molecule has 1 aliphatic rings. The molecule has 4 rings (SSSR count). The highest BCUT2D eigenvalue weighted by atomic mass is 35.5. The minimum Gasteiger partial charge on any atom is -0.384 e. The molecule has 2 heterocycles. The summed E-state index contributed by atoms with van der Waals surface area (Å²) in [6.45, 7) is 3.87. The Balaban J connectivity index is 1.42. The quantitative estimate of drug-likeness (QED) is 0.370. The van der Waals surface area contributed by atoms with E-state index in [9.17, 15) is 18.0 Å². The molecule has 2 aromatic carbocycles. The smallest absolute Gasteiger partial charge is 0.251 e. The van der Waals surface area contributed by atoms with Gasteiger partial charge in [0, 0.05) is 30.3 Å². The number of rotatable bonds is 6. The van der Waals surface area contributed by atoms with Crippen LogP contribution in [0.15, 0.2) is 53.8 Å². The van der Waals surface area contributed by atoms with E-state index in [0.717, 1.165) is 23.3 Å². The molecular weight excluding hydrogens is 467 g/mol. The number of carbonyl (C=O) groups excluding carboxylic acids is 1. The number of nitrogens with one attached hydrogen (secondary N) is 1. The third-order valence-corrected chi connectivity index (χ3v) is 5.97. The van der Waals surface area contributed by atoms with Gasteiger partial charge in [-0.25, -0.2) is 18.2 Å². The Bertz CT molecular complexity index is 1260. The Morgan fingerprint density at radius 2 is 1.88 bits per heavy atom. The Labute approximate surface area is 199 Å². The van der Waals surface area contributed by atoms with Gasteiger partial charge in [0.25, 0.3) is 5.91 Å². The molecule has 1 unspecified atom stereocenters. The highest BCUT2D eigenvalue weighted by molar-refractivity contribution is 6.29. The normalized spacial score (nSPS) is 17.3. The van der Waals surface area contributed by atoms with Gasteiger partial charge in [0.1, 0.15) is 5.15 Å². The van der Waals surface area contributed by atoms with Gasteiger partial charge in [-0.3, -0.25) is 4.79 Å². The van der Waals surface area contributed by atoms with Crippen molar-refractivity contribution in [2.24, 2.45) is 5.16 Å². The van der Waals surface area contributed by atoms with Crippen molar-refractivity contribution in [1.29, 1.82) is 0 Å². The Morgan fingerprint density at radius 3 is 2.53 bits per heavy atom. The van der Waals surface area contributed by atoms with Gasteiger partial charge in [0.15, 0.2) is 23.1 Å². The largest absolute Gasteiger partial charge is 0.384 e. The lowest BCUT2D eigenvalue weighted by atomic mass is 9.88. The van der Waals surface area contributed by atoms with Gasteiger partial charge in [-0.2, -0.15) is 0 Å². The summed E-state index contributed by atoms with van der Waals surface area (Å²) in [6, 6.07) is 10.6. The number of benzene rings is 2. The number of pyridine rings is 1. The van der Waals surface area contributed by atoms with Crippen LogP contribution in [0.4, 0.5) is 13.2 Å². The van der Waals surface area contributed by atoms with Crippen molar-refractivity contribution in [3.05, 3.63) is 99.1 Å². The summed E-state index contributed by atoms with van der Waals surface area (Å²) in [4.78, 5) is 22.1. The number of nitrogens with zero attached hydrogens (tertiary/aromatic N) is 2. The molecule has 0 saturated heterocycles. The molecule has 0 bridgehead atoms. The lowest BCUT2D eigenvalue weighted by Gasteiger charge is -2.22. The van der Waals surface area contributed by atoms with E-state index in [1.807, 2.05) is 13.0 Å². The van der Waals surface area contributed by atoms with Gasteiger partial charge >= 0.3 is 0 Å². The van der Waals surface area contributed by atoms with E-state index in [1.165, 1.54) is 0 Å². The number of halogens is 4. The molecule has 0 fully saturated rings. The molecular formula is C25H21ClF3N3O2. The maximum atomic E-state index is 13.7. The first-order valence-corrected chi connectivity index (χ1v) is 10.9. The van der Waals surface area contributed by atoms with E-state index >= 15 is 0 Å². The Hall–Kier alpha value is -3.39. The first-order valence-electron chi connectivity index (χ1n) is 10.6. The minimum absolute atomic E-state index is 0.145. The average molecular weight is 488 g/mol. The van der Waals surface area contributed by atoms with Gasteiger partial charge in [-0.1, -0.05) is 28.9 Å². The maximum absolute atomic E-state index is 13.7. The van der Waals surface area contributed by atoms with E-state index in [1.54, 1.807) is 37.4 Å². The van der Waals surface area contributed by atoms with Crippen LogP contribution in [-0.4, -0.2) is 23.1 Å². The standard InChI is InChI=1S/C25H21ClF3N3O2/c1-14-9-16(4-5-18(14)24(33)30-8-7-15-3-6-22(26)31-13-15)21-12-25(2,34-32-21)17-10-19(27)23(29)20(28)11-17/h3-6,9-11,13H,7-8,12H2,1-2H3,(H,30,33). The Morgan fingerprint density at radius 1 is 1.15 bits per heavy atom. The van der Waals surface area contributed by atoms with Crippen LogP contribution in [-0.2, 0) is 16.9 Å². The van der Waals surface area contributed by atoms with Crippen molar-refractivity contribution in [1.82, 2.24) is 10.3 Å². The SMILES string of the molecule is Cc1cc(C2=NOC(C)(c3cc(F)c(F)c(F)c3)C2)ccc1C(=O)NCCc1ccc(Cl)nc1. The first-order chi connectivity index (χ1) is 16.2. The van der Waals surface area contributed by atoms with Gasteiger partial charge < -0.3 is 10.2 Å². The zero-order chi connectivity index (χ0) is 24.5. The molecule has 34 heavy (non-hydrogen) atoms. The molecule has 0 radical (unpaired) electrons. The fourth-order valence-electron chi connectivity index (χ4n) is 3.78. The maximum Gasteiger partial charge on any atom is 0.251 e. The fourth-order valence-corrected chi connectivity index (χ4v) is 3.89. The highest BCUT2D eigenvalue weighted by Gasteiger charge is 2.38. The van der Waals surface area contributed by atoms with E-state index < -0.39 is 23.1 Å². The molecule has 1 aliphatic heterocycles. The van der Waals surface area contributed by atoms with Crippen molar-refractivity contribution in [3.63, 3.8) is 0 Å². The predicted molar refractivity (Wildman–Crippen MR) is 122 cm³/mol. The second kappa shape index (κ2) is 9.46. The number of hydrogen-bond donors (Lipinski definition) is 1. The summed E-state index contributed by atoms with van der Waals surface area (Å²) in [5.41, 5.74) is 2.48.